The van der Waals surface area contributed by atoms with Crippen LogP contribution in [-0.2, 0) is 4.74 Å². The SMILES string of the molecule is CCN=C(N)N1CCC(N2CCOCC2)C1. The molecule has 2 aliphatic heterocycles. The van der Waals surface area contributed by atoms with Crippen LogP contribution in [0.1, 0.15) is 13.3 Å². The maximum atomic E-state index is 5.91. The quantitative estimate of drug-likeness (QED) is 0.520. The average Bonchev–Trinajstić information content (AvgIpc) is 2.80. The number of hydrogen-bond acceptors (Lipinski definition) is 3. The molecule has 2 heterocycles. The first kappa shape index (κ1) is 11.7. The lowest BCUT2D eigenvalue weighted by molar-refractivity contribution is 0.0195. The van der Waals surface area contributed by atoms with Gasteiger partial charge in [0.05, 0.1) is 13.2 Å². The molecule has 0 spiro atoms. The molecule has 0 aromatic heterocycles. The van der Waals surface area contributed by atoms with Crippen molar-refractivity contribution in [3.05, 3.63) is 0 Å². The van der Waals surface area contributed by atoms with Crippen molar-refractivity contribution in [2.75, 3.05) is 45.9 Å². The minimum absolute atomic E-state index is 0.634. The molecule has 0 radical (unpaired) electrons. The van der Waals surface area contributed by atoms with E-state index in [1.165, 1.54) is 6.42 Å². The van der Waals surface area contributed by atoms with Gasteiger partial charge in [0.1, 0.15) is 0 Å². The summed E-state index contributed by atoms with van der Waals surface area (Å²) < 4.78 is 5.37. The second-order valence-electron chi connectivity index (χ2n) is 4.37. The highest BCUT2D eigenvalue weighted by atomic mass is 16.5. The predicted octanol–water partition coefficient (Wildman–Crippen LogP) is -0.272. The summed E-state index contributed by atoms with van der Waals surface area (Å²) in [4.78, 5) is 8.98. The molecule has 2 rings (SSSR count). The zero-order valence-electron chi connectivity index (χ0n) is 10.1. The molecule has 0 amide bonds. The summed E-state index contributed by atoms with van der Waals surface area (Å²) in [5.41, 5.74) is 5.91. The molecule has 0 aromatic carbocycles. The Balaban J connectivity index is 1.84. The summed E-state index contributed by atoms with van der Waals surface area (Å²) >= 11 is 0. The van der Waals surface area contributed by atoms with E-state index in [0.29, 0.717) is 12.0 Å². The number of ether oxygens (including phenoxy) is 1. The lowest BCUT2D eigenvalue weighted by atomic mass is 10.2. The van der Waals surface area contributed by atoms with Crippen molar-refractivity contribution in [3.8, 4) is 0 Å². The average molecular weight is 226 g/mol. The summed E-state index contributed by atoms with van der Waals surface area (Å²) in [5, 5.41) is 0. The number of aliphatic imine (C=N–C) groups is 1. The first-order chi connectivity index (χ1) is 7.81. The molecule has 2 aliphatic rings. The lowest BCUT2D eigenvalue weighted by Gasteiger charge is -2.32. The van der Waals surface area contributed by atoms with Crippen LogP contribution in [-0.4, -0.2) is 67.7 Å². The van der Waals surface area contributed by atoms with Gasteiger partial charge in [-0.25, -0.2) is 0 Å². The minimum atomic E-state index is 0.634. The van der Waals surface area contributed by atoms with Crippen molar-refractivity contribution in [1.82, 2.24) is 9.80 Å². The standard InChI is InChI=1S/C11H22N4O/c1-2-13-11(12)15-4-3-10(9-15)14-5-7-16-8-6-14/h10H,2-9H2,1H3,(H2,12,13). The first-order valence-electron chi connectivity index (χ1n) is 6.18. The molecule has 16 heavy (non-hydrogen) atoms. The number of nitrogens with two attached hydrogens (primary N) is 1. The Labute approximate surface area is 97.2 Å². The molecule has 5 heteroatoms. The van der Waals surface area contributed by atoms with Gasteiger partial charge in [-0.1, -0.05) is 0 Å². The van der Waals surface area contributed by atoms with Crippen LogP contribution in [0.3, 0.4) is 0 Å². The molecule has 1 unspecified atom stereocenters. The Kier molecular flexibility index (Phi) is 4.01. The number of nitrogens with zero attached hydrogens (tertiary/aromatic N) is 3. The Hall–Kier alpha value is -0.810. The molecule has 1 atom stereocenters. The van der Waals surface area contributed by atoms with Crippen LogP contribution in [0, 0.1) is 0 Å². The predicted molar refractivity (Wildman–Crippen MR) is 64.5 cm³/mol. The Morgan fingerprint density at radius 3 is 2.81 bits per heavy atom. The van der Waals surface area contributed by atoms with Crippen LogP contribution in [0.15, 0.2) is 4.99 Å². The molecular weight excluding hydrogens is 204 g/mol. The highest BCUT2D eigenvalue weighted by Gasteiger charge is 2.29. The van der Waals surface area contributed by atoms with Crippen molar-refractivity contribution in [3.63, 3.8) is 0 Å². The van der Waals surface area contributed by atoms with E-state index >= 15 is 0 Å². The van der Waals surface area contributed by atoms with Crippen LogP contribution >= 0.6 is 0 Å². The van der Waals surface area contributed by atoms with Crippen molar-refractivity contribution in [2.24, 2.45) is 10.7 Å². The molecule has 92 valence electrons. The Morgan fingerprint density at radius 2 is 2.12 bits per heavy atom. The summed E-state index contributed by atoms with van der Waals surface area (Å²) in [7, 11) is 0. The Bertz CT molecular complexity index is 250. The van der Waals surface area contributed by atoms with E-state index in [-0.39, 0.29) is 0 Å². The summed E-state index contributed by atoms with van der Waals surface area (Å²) in [6, 6.07) is 0.634. The van der Waals surface area contributed by atoms with Gasteiger partial charge in [0.25, 0.3) is 0 Å². The molecular formula is C11H22N4O. The highest BCUT2D eigenvalue weighted by Crippen LogP contribution is 2.16. The zero-order chi connectivity index (χ0) is 11.4. The van der Waals surface area contributed by atoms with Gasteiger partial charge >= 0.3 is 0 Å². The van der Waals surface area contributed by atoms with Gasteiger partial charge in [0, 0.05) is 38.8 Å². The maximum Gasteiger partial charge on any atom is 0.191 e. The van der Waals surface area contributed by atoms with Gasteiger partial charge < -0.3 is 15.4 Å². The van der Waals surface area contributed by atoms with E-state index in [9.17, 15) is 0 Å². The van der Waals surface area contributed by atoms with Crippen molar-refractivity contribution in [2.45, 2.75) is 19.4 Å². The fraction of sp³-hybridized carbons (Fsp3) is 0.909. The van der Waals surface area contributed by atoms with Crippen LogP contribution in [0.25, 0.3) is 0 Å². The van der Waals surface area contributed by atoms with Gasteiger partial charge in [0.15, 0.2) is 5.96 Å². The van der Waals surface area contributed by atoms with E-state index in [1.807, 2.05) is 6.92 Å². The van der Waals surface area contributed by atoms with Gasteiger partial charge in [-0.05, 0) is 13.3 Å². The van der Waals surface area contributed by atoms with Gasteiger partial charge in [-0.2, -0.15) is 0 Å². The first-order valence-corrected chi connectivity index (χ1v) is 6.18. The van der Waals surface area contributed by atoms with Gasteiger partial charge in [0.2, 0.25) is 0 Å². The van der Waals surface area contributed by atoms with Crippen LogP contribution in [0.4, 0.5) is 0 Å². The summed E-state index contributed by atoms with van der Waals surface area (Å²) in [5.74, 6) is 0.707. The monoisotopic (exact) mass is 226 g/mol. The minimum Gasteiger partial charge on any atom is -0.379 e. The number of likely N-dealkylation sites (tertiary alicyclic amines) is 1. The third-order valence-electron chi connectivity index (χ3n) is 3.37. The normalized spacial score (nSPS) is 28.7. The number of guanidine groups is 1. The number of hydrogen-bond donors (Lipinski definition) is 1. The summed E-state index contributed by atoms with van der Waals surface area (Å²) in [6.07, 6.45) is 1.19. The van der Waals surface area contributed by atoms with Crippen LogP contribution in [0.2, 0.25) is 0 Å². The molecule has 0 aliphatic carbocycles. The van der Waals surface area contributed by atoms with Crippen molar-refractivity contribution >= 4 is 5.96 Å². The molecule has 0 bridgehead atoms. The second-order valence-corrected chi connectivity index (χ2v) is 4.37. The maximum absolute atomic E-state index is 5.91. The van der Waals surface area contributed by atoms with E-state index in [4.69, 9.17) is 10.5 Å². The topological polar surface area (TPSA) is 54.1 Å². The summed E-state index contributed by atoms with van der Waals surface area (Å²) in [6.45, 7) is 8.70. The van der Waals surface area contributed by atoms with E-state index in [0.717, 1.165) is 45.9 Å². The zero-order valence-corrected chi connectivity index (χ0v) is 10.1. The Morgan fingerprint density at radius 1 is 1.38 bits per heavy atom. The lowest BCUT2D eigenvalue weighted by Crippen LogP contribution is -2.46. The smallest absolute Gasteiger partial charge is 0.191 e. The molecule has 2 saturated heterocycles. The molecule has 2 fully saturated rings. The highest BCUT2D eigenvalue weighted by molar-refractivity contribution is 5.78. The fourth-order valence-corrected chi connectivity index (χ4v) is 2.45. The molecule has 0 saturated carbocycles. The van der Waals surface area contributed by atoms with Crippen LogP contribution < -0.4 is 5.73 Å². The fourth-order valence-electron chi connectivity index (χ4n) is 2.45. The number of rotatable bonds is 2. The third kappa shape index (κ3) is 2.65. The van der Waals surface area contributed by atoms with Gasteiger partial charge in [-0.3, -0.25) is 9.89 Å². The van der Waals surface area contributed by atoms with E-state index < -0.39 is 0 Å². The number of morpholine rings is 1. The van der Waals surface area contributed by atoms with Crippen LogP contribution in [0.5, 0.6) is 0 Å². The van der Waals surface area contributed by atoms with Crippen molar-refractivity contribution < 1.29 is 4.74 Å². The largest absolute Gasteiger partial charge is 0.379 e. The van der Waals surface area contributed by atoms with Gasteiger partial charge in [-0.15, -0.1) is 0 Å². The molecule has 5 nitrogen and oxygen atoms in total. The second kappa shape index (κ2) is 5.50. The van der Waals surface area contributed by atoms with E-state index in [1.54, 1.807) is 0 Å². The molecule has 0 aromatic rings. The molecule has 2 N–H and O–H groups in total. The third-order valence-corrected chi connectivity index (χ3v) is 3.37. The van der Waals surface area contributed by atoms with Crippen molar-refractivity contribution in [1.29, 1.82) is 0 Å². The van der Waals surface area contributed by atoms with E-state index in [2.05, 4.69) is 14.8 Å².